The monoisotopic (exact) mass is 462 g/mol. The summed E-state index contributed by atoms with van der Waals surface area (Å²) in [5, 5.41) is 12.4. The van der Waals surface area contributed by atoms with E-state index in [-0.39, 0.29) is 37.0 Å². The van der Waals surface area contributed by atoms with Gasteiger partial charge in [-0.15, -0.1) is 0 Å². The number of hydrogen-bond donors (Lipinski definition) is 2. The fourth-order valence-electron chi connectivity index (χ4n) is 5.85. The van der Waals surface area contributed by atoms with Crippen LogP contribution in [0.3, 0.4) is 0 Å². The third-order valence-electron chi connectivity index (χ3n) is 7.69. The van der Waals surface area contributed by atoms with Gasteiger partial charge in [-0.05, 0) is 41.5 Å². The van der Waals surface area contributed by atoms with E-state index in [1.165, 1.54) is 4.90 Å². The van der Waals surface area contributed by atoms with Crippen molar-refractivity contribution in [2.75, 3.05) is 13.2 Å². The Hall–Kier alpha value is -3.39. The number of carbonyl (C=O) groups excluding carboxylic acids is 2. The predicted octanol–water partition coefficient (Wildman–Crippen LogP) is 2.90. The van der Waals surface area contributed by atoms with E-state index < -0.39 is 23.6 Å². The number of carboxylic acid groups (broad SMARTS) is 1. The Morgan fingerprint density at radius 2 is 1.71 bits per heavy atom. The summed E-state index contributed by atoms with van der Waals surface area (Å²) in [6.07, 6.45) is 0.927. The number of rotatable bonds is 5. The fourth-order valence-corrected chi connectivity index (χ4v) is 5.85. The highest BCUT2D eigenvalue weighted by molar-refractivity contribution is 5.96. The van der Waals surface area contributed by atoms with Gasteiger partial charge in [0.05, 0.1) is 12.1 Å². The third-order valence-corrected chi connectivity index (χ3v) is 7.69. The van der Waals surface area contributed by atoms with Crippen LogP contribution < -0.4 is 5.32 Å². The van der Waals surface area contributed by atoms with Crippen LogP contribution in [0.2, 0.25) is 0 Å². The van der Waals surface area contributed by atoms with Crippen molar-refractivity contribution in [1.29, 1.82) is 0 Å². The van der Waals surface area contributed by atoms with E-state index in [9.17, 15) is 19.5 Å². The topological polar surface area (TPSA) is 105 Å². The molecule has 2 aliphatic carbocycles. The van der Waals surface area contributed by atoms with E-state index >= 15 is 0 Å². The number of amides is 2. The minimum atomic E-state index is -1.09. The van der Waals surface area contributed by atoms with Crippen LogP contribution in [0.15, 0.2) is 48.5 Å². The van der Waals surface area contributed by atoms with Crippen molar-refractivity contribution in [2.24, 2.45) is 0 Å². The van der Waals surface area contributed by atoms with Gasteiger partial charge in [-0.2, -0.15) is 0 Å². The molecular weight excluding hydrogens is 436 g/mol. The molecule has 2 aromatic carbocycles. The van der Waals surface area contributed by atoms with Crippen LogP contribution in [-0.2, 0) is 19.1 Å². The lowest BCUT2D eigenvalue weighted by molar-refractivity contribution is -0.151. The normalized spacial score (nSPS) is 25.9. The first-order chi connectivity index (χ1) is 16.5. The van der Waals surface area contributed by atoms with Crippen LogP contribution in [-0.4, -0.2) is 64.9 Å². The molecule has 2 N–H and O–H groups in total. The van der Waals surface area contributed by atoms with Crippen LogP contribution in [0.5, 0.6) is 0 Å². The summed E-state index contributed by atoms with van der Waals surface area (Å²) in [6.45, 7) is 0.669. The molecule has 1 saturated carbocycles. The number of ether oxygens (including phenoxy) is 2. The van der Waals surface area contributed by atoms with Crippen molar-refractivity contribution in [3.8, 4) is 11.1 Å². The van der Waals surface area contributed by atoms with Gasteiger partial charge in [-0.25, -0.2) is 9.59 Å². The number of alkyl carbamates (subject to hydrolysis) is 1. The molecule has 0 radical (unpaired) electrons. The summed E-state index contributed by atoms with van der Waals surface area (Å²) in [6, 6.07) is 15.0. The van der Waals surface area contributed by atoms with Gasteiger partial charge in [-0.3, -0.25) is 4.79 Å². The molecule has 1 unspecified atom stereocenters. The summed E-state index contributed by atoms with van der Waals surface area (Å²) in [4.78, 5) is 39.5. The molecule has 4 aliphatic rings. The molecule has 6 rings (SSSR count). The standard InChI is InChI=1S/C26H26N2O6/c29-23(30)21-13-22-20(9-12-33-22)28(21)24(31)26(10-11-26)27-25(32)34-14-19-17-7-3-1-5-15(17)16-6-2-4-8-18(16)19/h1-8,19-22H,9-14H2,(H,27,32)(H,29,30)/t20-,21?,22-/m0/s1. The number of benzene rings is 2. The van der Waals surface area contributed by atoms with Crippen molar-refractivity contribution in [3.05, 3.63) is 59.7 Å². The number of nitrogens with one attached hydrogen (secondary N) is 1. The van der Waals surface area contributed by atoms with Crippen LogP contribution in [0.1, 0.15) is 42.7 Å². The zero-order chi connectivity index (χ0) is 23.4. The Labute approximate surface area is 196 Å². The van der Waals surface area contributed by atoms with Crippen LogP contribution in [0, 0.1) is 0 Å². The first-order valence-electron chi connectivity index (χ1n) is 11.8. The van der Waals surface area contributed by atoms with Gasteiger partial charge in [0.2, 0.25) is 5.91 Å². The molecule has 0 aromatic heterocycles. The highest BCUT2D eigenvalue weighted by atomic mass is 16.5. The molecule has 176 valence electrons. The lowest BCUT2D eigenvalue weighted by atomic mass is 9.98. The Kier molecular flexibility index (Phi) is 4.88. The quantitative estimate of drug-likeness (QED) is 0.708. The number of carboxylic acids is 1. The molecule has 2 saturated heterocycles. The summed E-state index contributed by atoms with van der Waals surface area (Å²) in [5.41, 5.74) is 3.42. The van der Waals surface area contributed by atoms with E-state index in [2.05, 4.69) is 17.4 Å². The van der Waals surface area contributed by atoms with Crippen molar-refractivity contribution in [3.63, 3.8) is 0 Å². The first-order valence-corrected chi connectivity index (χ1v) is 11.8. The van der Waals surface area contributed by atoms with E-state index in [4.69, 9.17) is 9.47 Å². The van der Waals surface area contributed by atoms with Crippen molar-refractivity contribution in [2.45, 2.75) is 55.3 Å². The summed E-state index contributed by atoms with van der Waals surface area (Å²) in [7, 11) is 0. The highest BCUT2D eigenvalue weighted by Gasteiger charge is 2.60. The molecule has 2 aliphatic heterocycles. The predicted molar refractivity (Wildman–Crippen MR) is 121 cm³/mol. The molecule has 2 amide bonds. The Morgan fingerprint density at radius 1 is 1.06 bits per heavy atom. The summed E-state index contributed by atoms with van der Waals surface area (Å²) >= 11 is 0. The molecule has 2 aromatic rings. The highest BCUT2D eigenvalue weighted by Crippen LogP contribution is 2.45. The molecule has 2 heterocycles. The average molecular weight is 463 g/mol. The van der Waals surface area contributed by atoms with Gasteiger partial charge in [0.15, 0.2) is 0 Å². The number of nitrogens with zero attached hydrogens (tertiary/aromatic N) is 1. The molecule has 8 nitrogen and oxygen atoms in total. The van der Waals surface area contributed by atoms with Gasteiger partial charge in [0.25, 0.3) is 0 Å². The number of aliphatic carboxylic acids is 1. The second-order valence-corrected chi connectivity index (χ2v) is 9.60. The Balaban J connectivity index is 1.15. The number of likely N-dealkylation sites (tertiary alicyclic amines) is 1. The third kappa shape index (κ3) is 3.27. The lowest BCUT2D eigenvalue weighted by Gasteiger charge is -2.31. The lowest BCUT2D eigenvalue weighted by Crippen LogP contribution is -2.56. The van der Waals surface area contributed by atoms with E-state index in [0.717, 1.165) is 22.3 Å². The smallest absolute Gasteiger partial charge is 0.408 e. The molecular formula is C26H26N2O6. The van der Waals surface area contributed by atoms with E-state index in [0.29, 0.717) is 25.9 Å². The SMILES string of the molecule is O=C(NC1(C(=O)N2C(C(=O)O)C[C@@H]3OCC[C@@H]32)CC1)OCC1c2ccccc2-c2ccccc21. The zero-order valence-electron chi connectivity index (χ0n) is 18.6. The summed E-state index contributed by atoms with van der Waals surface area (Å²) < 4.78 is 11.3. The van der Waals surface area contributed by atoms with Crippen molar-refractivity contribution >= 4 is 18.0 Å². The number of fused-ring (bicyclic) bond motifs is 4. The van der Waals surface area contributed by atoms with E-state index in [1.54, 1.807) is 0 Å². The van der Waals surface area contributed by atoms with Crippen molar-refractivity contribution < 1.29 is 29.0 Å². The maximum atomic E-state index is 13.4. The van der Waals surface area contributed by atoms with Crippen LogP contribution >= 0.6 is 0 Å². The van der Waals surface area contributed by atoms with Gasteiger partial charge in [-0.1, -0.05) is 48.5 Å². The number of hydrogen-bond acceptors (Lipinski definition) is 5. The zero-order valence-corrected chi connectivity index (χ0v) is 18.6. The van der Waals surface area contributed by atoms with Gasteiger partial charge in [0.1, 0.15) is 18.2 Å². The largest absolute Gasteiger partial charge is 0.480 e. The van der Waals surface area contributed by atoms with E-state index in [1.807, 2.05) is 36.4 Å². The Morgan fingerprint density at radius 3 is 2.32 bits per heavy atom. The molecule has 3 fully saturated rings. The summed E-state index contributed by atoms with van der Waals surface area (Å²) in [5.74, 6) is -1.45. The molecule has 0 bridgehead atoms. The van der Waals surface area contributed by atoms with Crippen molar-refractivity contribution in [1.82, 2.24) is 10.2 Å². The Bertz CT molecular complexity index is 1130. The van der Waals surface area contributed by atoms with Crippen LogP contribution in [0.25, 0.3) is 11.1 Å². The molecule has 34 heavy (non-hydrogen) atoms. The van der Waals surface area contributed by atoms with Gasteiger partial charge in [0, 0.05) is 18.9 Å². The maximum absolute atomic E-state index is 13.4. The minimum Gasteiger partial charge on any atom is -0.480 e. The van der Waals surface area contributed by atoms with Gasteiger partial charge >= 0.3 is 12.1 Å². The first kappa shape index (κ1) is 21.2. The average Bonchev–Trinajstić information content (AvgIpc) is 3.18. The van der Waals surface area contributed by atoms with Gasteiger partial charge < -0.3 is 24.8 Å². The number of carbonyl (C=O) groups is 3. The minimum absolute atomic E-state index is 0.0737. The molecule has 8 heteroatoms. The maximum Gasteiger partial charge on any atom is 0.408 e. The molecule has 0 spiro atoms. The fraction of sp³-hybridized carbons (Fsp3) is 0.423. The second kappa shape index (κ2) is 7.84. The second-order valence-electron chi connectivity index (χ2n) is 9.60. The van der Waals surface area contributed by atoms with Crippen LogP contribution in [0.4, 0.5) is 4.79 Å². The molecule has 3 atom stereocenters.